The Labute approximate surface area is 127 Å². The minimum Gasteiger partial charge on any atom is -0.464 e. The number of esters is 1. The molecule has 0 radical (unpaired) electrons. The summed E-state index contributed by atoms with van der Waals surface area (Å²) in [5.41, 5.74) is 1.88. The third kappa shape index (κ3) is 3.62. The number of carbonyl (C=O) groups excluding carboxylic acids is 1. The Balaban J connectivity index is 2.25. The predicted octanol–water partition coefficient (Wildman–Crippen LogP) is 1.98. The van der Waals surface area contributed by atoms with E-state index in [1.807, 2.05) is 30.5 Å². The standard InChI is InChI=1S/C14H17N3O3S/c1-19-9-12-13(14(18)20-2)15-16-17(12)8-10-4-6-11(21-3)7-5-10/h4-7H,8-9H2,1-3H3. The summed E-state index contributed by atoms with van der Waals surface area (Å²) in [5.74, 6) is -0.508. The summed E-state index contributed by atoms with van der Waals surface area (Å²) < 4.78 is 11.5. The van der Waals surface area contributed by atoms with E-state index in [2.05, 4.69) is 10.3 Å². The first kappa shape index (κ1) is 15.5. The van der Waals surface area contributed by atoms with Gasteiger partial charge in [0.2, 0.25) is 0 Å². The molecule has 1 heterocycles. The van der Waals surface area contributed by atoms with Crippen molar-refractivity contribution in [2.45, 2.75) is 18.0 Å². The van der Waals surface area contributed by atoms with Crippen molar-refractivity contribution < 1.29 is 14.3 Å². The highest BCUT2D eigenvalue weighted by atomic mass is 32.2. The van der Waals surface area contributed by atoms with E-state index in [9.17, 15) is 4.79 Å². The van der Waals surface area contributed by atoms with Crippen LogP contribution in [0.2, 0.25) is 0 Å². The van der Waals surface area contributed by atoms with Crippen LogP contribution in [0.4, 0.5) is 0 Å². The number of hydrogen-bond acceptors (Lipinski definition) is 6. The molecule has 7 heteroatoms. The second-order valence-electron chi connectivity index (χ2n) is 4.32. The van der Waals surface area contributed by atoms with Crippen LogP contribution in [0.25, 0.3) is 0 Å². The van der Waals surface area contributed by atoms with Gasteiger partial charge in [0.1, 0.15) is 0 Å². The number of carbonyl (C=O) groups is 1. The zero-order chi connectivity index (χ0) is 15.2. The van der Waals surface area contributed by atoms with E-state index < -0.39 is 5.97 Å². The van der Waals surface area contributed by atoms with Gasteiger partial charge in [0.25, 0.3) is 0 Å². The number of hydrogen-bond donors (Lipinski definition) is 0. The second kappa shape index (κ2) is 7.24. The van der Waals surface area contributed by atoms with Crippen LogP contribution in [-0.2, 0) is 22.6 Å². The third-order valence-corrected chi connectivity index (χ3v) is 3.73. The Morgan fingerprint density at radius 3 is 2.57 bits per heavy atom. The molecule has 0 aliphatic heterocycles. The van der Waals surface area contributed by atoms with E-state index in [-0.39, 0.29) is 12.3 Å². The van der Waals surface area contributed by atoms with Gasteiger partial charge in [-0.2, -0.15) is 0 Å². The van der Waals surface area contributed by atoms with Crippen molar-refractivity contribution in [2.75, 3.05) is 20.5 Å². The molecule has 0 bridgehead atoms. The number of nitrogens with zero attached hydrogens (tertiary/aromatic N) is 3. The van der Waals surface area contributed by atoms with Gasteiger partial charge >= 0.3 is 5.97 Å². The lowest BCUT2D eigenvalue weighted by Gasteiger charge is -2.07. The molecule has 0 saturated carbocycles. The lowest BCUT2D eigenvalue weighted by atomic mass is 10.2. The summed E-state index contributed by atoms with van der Waals surface area (Å²) in [4.78, 5) is 12.9. The Morgan fingerprint density at radius 1 is 1.29 bits per heavy atom. The lowest BCUT2D eigenvalue weighted by molar-refractivity contribution is 0.0588. The second-order valence-corrected chi connectivity index (χ2v) is 5.19. The fraction of sp³-hybridized carbons (Fsp3) is 0.357. The van der Waals surface area contributed by atoms with Crippen LogP contribution in [0.1, 0.15) is 21.7 Å². The molecular weight excluding hydrogens is 290 g/mol. The van der Waals surface area contributed by atoms with Crippen molar-refractivity contribution in [1.29, 1.82) is 0 Å². The van der Waals surface area contributed by atoms with Crippen LogP contribution >= 0.6 is 11.8 Å². The summed E-state index contributed by atoms with van der Waals surface area (Å²) in [6.45, 7) is 0.775. The highest BCUT2D eigenvalue weighted by Crippen LogP contribution is 2.16. The van der Waals surface area contributed by atoms with E-state index >= 15 is 0 Å². The molecule has 0 spiro atoms. The molecule has 0 aliphatic carbocycles. The molecule has 1 aromatic heterocycles. The van der Waals surface area contributed by atoms with E-state index in [4.69, 9.17) is 9.47 Å². The number of rotatable bonds is 6. The Hall–Kier alpha value is -1.86. The number of ether oxygens (including phenoxy) is 2. The van der Waals surface area contributed by atoms with Crippen LogP contribution < -0.4 is 0 Å². The maximum Gasteiger partial charge on any atom is 0.360 e. The number of methoxy groups -OCH3 is 2. The minimum absolute atomic E-state index is 0.195. The minimum atomic E-state index is -0.508. The molecule has 0 N–H and O–H groups in total. The normalized spacial score (nSPS) is 10.6. The monoisotopic (exact) mass is 307 g/mol. The Bertz CT molecular complexity index is 610. The van der Waals surface area contributed by atoms with Gasteiger partial charge in [-0.15, -0.1) is 16.9 Å². The molecule has 0 aliphatic rings. The average molecular weight is 307 g/mol. The van der Waals surface area contributed by atoms with Crippen LogP contribution in [0.3, 0.4) is 0 Å². The zero-order valence-corrected chi connectivity index (χ0v) is 13.0. The first-order chi connectivity index (χ1) is 10.2. The summed E-state index contributed by atoms with van der Waals surface area (Å²) in [5, 5.41) is 7.91. The molecule has 1 aromatic carbocycles. The van der Waals surface area contributed by atoms with Crippen molar-refractivity contribution in [3.8, 4) is 0 Å². The lowest BCUT2D eigenvalue weighted by Crippen LogP contribution is -2.11. The topological polar surface area (TPSA) is 66.2 Å². The first-order valence-electron chi connectivity index (χ1n) is 6.32. The predicted molar refractivity (Wildman–Crippen MR) is 79.4 cm³/mol. The maximum atomic E-state index is 11.7. The first-order valence-corrected chi connectivity index (χ1v) is 7.54. The van der Waals surface area contributed by atoms with Gasteiger partial charge in [0, 0.05) is 12.0 Å². The van der Waals surface area contributed by atoms with E-state index in [1.165, 1.54) is 12.0 Å². The van der Waals surface area contributed by atoms with Crippen molar-refractivity contribution >= 4 is 17.7 Å². The summed E-state index contributed by atoms with van der Waals surface area (Å²) in [6.07, 6.45) is 2.03. The van der Waals surface area contributed by atoms with Crippen LogP contribution in [0.5, 0.6) is 0 Å². The smallest absolute Gasteiger partial charge is 0.360 e. The Morgan fingerprint density at radius 2 is 2.00 bits per heavy atom. The van der Waals surface area contributed by atoms with Crippen LogP contribution in [0, 0.1) is 0 Å². The maximum absolute atomic E-state index is 11.7. The molecule has 0 fully saturated rings. The van der Waals surface area contributed by atoms with Gasteiger partial charge in [-0.05, 0) is 24.0 Å². The molecule has 2 rings (SSSR count). The quantitative estimate of drug-likeness (QED) is 0.600. The average Bonchev–Trinajstić information content (AvgIpc) is 2.90. The van der Waals surface area contributed by atoms with E-state index in [0.29, 0.717) is 12.2 Å². The zero-order valence-electron chi connectivity index (χ0n) is 12.2. The molecule has 0 atom stereocenters. The van der Waals surface area contributed by atoms with Gasteiger partial charge in [-0.1, -0.05) is 17.3 Å². The summed E-state index contributed by atoms with van der Waals surface area (Å²) >= 11 is 1.69. The molecule has 0 amide bonds. The van der Waals surface area contributed by atoms with Crippen molar-refractivity contribution in [3.63, 3.8) is 0 Å². The van der Waals surface area contributed by atoms with Gasteiger partial charge in [0.05, 0.1) is 26.0 Å². The molecule has 2 aromatic rings. The molecule has 21 heavy (non-hydrogen) atoms. The number of aromatic nitrogens is 3. The fourth-order valence-corrected chi connectivity index (χ4v) is 2.31. The number of benzene rings is 1. The van der Waals surface area contributed by atoms with Gasteiger partial charge in [-0.3, -0.25) is 0 Å². The van der Waals surface area contributed by atoms with Crippen molar-refractivity contribution in [3.05, 3.63) is 41.2 Å². The van der Waals surface area contributed by atoms with Gasteiger partial charge in [0.15, 0.2) is 5.69 Å². The highest BCUT2D eigenvalue weighted by Gasteiger charge is 2.20. The fourth-order valence-electron chi connectivity index (χ4n) is 1.90. The molecule has 0 unspecified atom stereocenters. The highest BCUT2D eigenvalue weighted by molar-refractivity contribution is 7.98. The number of thioether (sulfide) groups is 1. The SMILES string of the molecule is COCc1c(C(=O)OC)nnn1Cc1ccc(SC)cc1. The van der Waals surface area contributed by atoms with Gasteiger partial charge < -0.3 is 9.47 Å². The molecular formula is C14H17N3O3S. The largest absolute Gasteiger partial charge is 0.464 e. The third-order valence-electron chi connectivity index (χ3n) is 2.99. The summed E-state index contributed by atoms with van der Waals surface area (Å²) in [6, 6.07) is 8.16. The van der Waals surface area contributed by atoms with E-state index in [1.54, 1.807) is 23.6 Å². The molecule has 6 nitrogen and oxygen atoms in total. The Kier molecular flexibility index (Phi) is 5.35. The van der Waals surface area contributed by atoms with Crippen LogP contribution in [0.15, 0.2) is 29.2 Å². The van der Waals surface area contributed by atoms with Crippen molar-refractivity contribution in [2.24, 2.45) is 0 Å². The van der Waals surface area contributed by atoms with E-state index in [0.717, 1.165) is 5.56 Å². The van der Waals surface area contributed by atoms with Crippen LogP contribution in [-0.4, -0.2) is 41.4 Å². The van der Waals surface area contributed by atoms with Gasteiger partial charge in [-0.25, -0.2) is 9.48 Å². The molecule has 0 saturated heterocycles. The molecule has 112 valence electrons. The summed E-state index contributed by atoms with van der Waals surface area (Å²) in [7, 11) is 2.88. The van der Waals surface area contributed by atoms with Crippen molar-refractivity contribution in [1.82, 2.24) is 15.0 Å².